The van der Waals surface area contributed by atoms with Gasteiger partial charge in [0.25, 0.3) is 0 Å². The first-order chi connectivity index (χ1) is 6.52. The van der Waals surface area contributed by atoms with Gasteiger partial charge in [0.05, 0.1) is 0 Å². The van der Waals surface area contributed by atoms with E-state index in [1.54, 1.807) is 19.0 Å². The van der Waals surface area contributed by atoms with Gasteiger partial charge in [-0.25, -0.2) is 4.79 Å². The Balaban J connectivity index is 0.000000500. The van der Waals surface area contributed by atoms with Gasteiger partial charge in [0.1, 0.15) is 0 Å². The van der Waals surface area contributed by atoms with E-state index >= 15 is 0 Å². The summed E-state index contributed by atoms with van der Waals surface area (Å²) in [5.41, 5.74) is 0. The molecule has 3 nitrogen and oxygen atoms in total. The van der Waals surface area contributed by atoms with Crippen molar-refractivity contribution in [3.63, 3.8) is 0 Å². The molecule has 0 spiro atoms. The van der Waals surface area contributed by atoms with Crippen molar-refractivity contribution in [2.24, 2.45) is 5.92 Å². The van der Waals surface area contributed by atoms with Crippen LogP contribution in [0.4, 0.5) is 4.79 Å². The summed E-state index contributed by atoms with van der Waals surface area (Å²) in [6.45, 7) is 8.29. The maximum absolute atomic E-state index is 11.3. The average molecular weight is 200 g/mol. The minimum atomic E-state index is 0.148. The lowest BCUT2D eigenvalue weighted by atomic mass is 10.2. The number of hydrogen-bond acceptors (Lipinski definition) is 1. The van der Waals surface area contributed by atoms with E-state index < -0.39 is 0 Å². The number of rotatable bonds is 0. The first-order valence-corrected chi connectivity index (χ1v) is 5.49. The highest BCUT2D eigenvalue weighted by molar-refractivity contribution is 5.74. The summed E-state index contributed by atoms with van der Waals surface area (Å²) in [5, 5.41) is 0. The summed E-state index contributed by atoms with van der Waals surface area (Å²) in [6, 6.07) is 0.148. The monoisotopic (exact) mass is 200 g/mol. The van der Waals surface area contributed by atoms with Crippen molar-refractivity contribution < 1.29 is 4.79 Å². The van der Waals surface area contributed by atoms with Crippen LogP contribution in [-0.2, 0) is 0 Å². The van der Waals surface area contributed by atoms with Crippen LogP contribution in [0.25, 0.3) is 0 Å². The van der Waals surface area contributed by atoms with Crippen LogP contribution in [0.3, 0.4) is 0 Å². The summed E-state index contributed by atoms with van der Waals surface area (Å²) in [6.07, 6.45) is 2.40. The number of amides is 2. The van der Waals surface area contributed by atoms with Crippen molar-refractivity contribution in [2.75, 3.05) is 27.2 Å². The van der Waals surface area contributed by atoms with Gasteiger partial charge in [-0.3, -0.25) is 0 Å². The molecule has 1 saturated heterocycles. The van der Waals surface area contributed by atoms with Crippen molar-refractivity contribution in [2.45, 2.75) is 33.6 Å². The summed E-state index contributed by atoms with van der Waals surface area (Å²) in [4.78, 5) is 14.9. The predicted octanol–water partition coefficient (Wildman–Crippen LogP) is 2.43. The van der Waals surface area contributed by atoms with Gasteiger partial charge in [-0.15, -0.1) is 0 Å². The van der Waals surface area contributed by atoms with Crippen molar-refractivity contribution >= 4 is 6.03 Å². The smallest absolute Gasteiger partial charge is 0.319 e. The largest absolute Gasteiger partial charge is 0.331 e. The summed E-state index contributed by atoms with van der Waals surface area (Å²) in [7, 11) is 3.59. The fourth-order valence-electron chi connectivity index (χ4n) is 1.39. The predicted molar refractivity (Wildman–Crippen MR) is 60.4 cm³/mol. The van der Waals surface area contributed by atoms with Crippen molar-refractivity contribution in [1.82, 2.24) is 9.80 Å². The van der Waals surface area contributed by atoms with E-state index in [9.17, 15) is 4.79 Å². The Morgan fingerprint density at radius 2 is 1.93 bits per heavy atom. The number of hydrogen-bond donors (Lipinski definition) is 0. The fourth-order valence-corrected chi connectivity index (χ4v) is 1.39. The van der Waals surface area contributed by atoms with Crippen molar-refractivity contribution in [1.29, 1.82) is 0 Å². The maximum atomic E-state index is 11.3. The van der Waals surface area contributed by atoms with E-state index in [0.29, 0.717) is 5.92 Å². The molecule has 14 heavy (non-hydrogen) atoms. The maximum Gasteiger partial charge on any atom is 0.319 e. The molecule has 84 valence electrons. The van der Waals surface area contributed by atoms with Gasteiger partial charge in [0, 0.05) is 27.2 Å². The third kappa shape index (κ3) is 4.49. The van der Waals surface area contributed by atoms with E-state index in [-0.39, 0.29) is 6.03 Å². The van der Waals surface area contributed by atoms with E-state index in [2.05, 4.69) is 20.8 Å². The molecule has 0 aliphatic carbocycles. The molecule has 1 aliphatic rings. The highest BCUT2D eigenvalue weighted by Crippen LogP contribution is 2.15. The van der Waals surface area contributed by atoms with Gasteiger partial charge < -0.3 is 9.80 Å². The third-order valence-corrected chi connectivity index (χ3v) is 2.08. The van der Waals surface area contributed by atoms with E-state index in [1.165, 1.54) is 6.42 Å². The zero-order chi connectivity index (χ0) is 11.1. The van der Waals surface area contributed by atoms with Crippen LogP contribution in [-0.4, -0.2) is 43.0 Å². The quantitative estimate of drug-likeness (QED) is 0.589. The average Bonchev–Trinajstić information content (AvgIpc) is 2.51. The van der Waals surface area contributed by atoms with Gasteiger partial charge in [0.15, 0.2) is 0 Å². The molecule has 0 bridgehead atoms. The summed E-state index contributed by atoms with van der Waals surface area (Å²) < 4.78 is 0. The first kappa shape index (κ1) is 13.3. The number of carbonyl (C=O) groups is 1. The Morgan fingerprint density at radius 1 is 1.43 bits per heavy atom. The van der Waals surface area contributed by atoms with Crippen LogP contribution in [0.15, 0.2) is 0 Å². The molecular weight excluding hydrogens is 176 g/mol. The van der Waals surface area contributed by atoms with Crippen LogP contribution in [0, 0.1) is 5.92 Å². The van der Waals surface area contributed by atoms with E-state index in [1.807, 2.05) is 4.90 Å². The van der Waals surface area contributed by atoms with Gasteiger partial charge >= 0.3 is 6.03 Å². The molecule has 0 N–H and O–H groups in total. The molecule has 0 aromatic rings. The molecule has 1 atom stereocenters. The number of nitrogens with zero attached hydrogens (tertiary/aromatic N) is 2. The van der Waals surface area contributed by atoms with Crippen LogP contribution in [0.5, 0.6) is 0 Å². The molecule has 0 aromatic carbocycles. The molecule has 0 saturated carbocycles. The minimum Gasteiger partial charge on any atom is -0.331 e. The first-order valence-electron chi connectivity index (χ1n) is 5.49. The van der Waals surface area contributed by atoms with Crippen molar-refractivity contribution in [3.8, 4) is 0 Å². The summed E-state index contributed by atoms with van der Waals surface area (Å²) in [5.74, 6) is 0.680. The Kier molecular flexibility index (Phi) is 6.34. The molecule has 0 aromatic heterocycles. The molecule has 1 fully saturated rings. The topological polar surface area (TPSA) is 23.6 Å². The third-order valence-electron chi connectivity index (χ3n) is 2.08. The Hall–Kier alpha value is -0.730. The molecule has 1 aliphatic heterocycles. The lowest BCUT2D eigenvalue weighted by Crippen LogP contribution is -2.37. The Morgan fingerprint density at radius 3 is 2.21 bits per heavy atom. The molecule has 2 amide bonds. The van der Waals surface area contributed by atoms with Crippen LogP contribution in [0.1, 0.15) is 33.6 Å². The molecule has 0 radical (unpaired) electrons. The minimum absolute atomic E-state index is 0.148. The highest BCUT2D eigenvalue weighted by atomic mass is 16.2. The molecule has 1 rings (SSSR count). The standard InChI is InChI=1S/C8H16N2O.C3H8/c1-7-4-5-10(6-7)8(11)9(2)3;1-3-2/h7H,4-6H2,1-3H3;3H2,1-2H3. The van der Waals surface area contributed by atoms with Gasteiger partial charge in [-0.2, -0.15) is 0 Å². The van der Waals surface area contributed by atoms with Crippen molar-refractivity contribution in [3.05, 3.63) is 0 Å². The lowest BCUT2D eigenvalue weighted by molar-refractivity contribution is 0.180. The van der Waals surface area contributed by atoms with E-state index in [0.717, 1.165) is 19.5 Å². The zero-order valence-corrected chi connectivity index (χ0v) is 10.2. The summed E-state index contributed by atoms with van der Waals surface area (Å²) >= 11 is 0. The van der Waals surface area contributed by atoms with Crippen LogP contribution < -0.4 is 0 Å². The molecule has 1 heterocycles. The number of carbonyl (C=O) groups excluding carboxylic acids is 1. The second-order valence-corrected chi connectivity index (χ2v) is 4.22. The van der Waals surface area contributed by atoms with E-state index in [4.69, 9.17) is 0 Å². The molecule has 1 unspecified atom stereocenters. The fraction of sp³-hybridized carbons (Fsp3) is 0.909. The lowest BCUT2D eigenvalue weighted by Gasteiger charge is -2.20. The second-order valence-electron chi connectivity index (χ2n) is 4.22. The molecular formula is C11H24N2O. The highest BCUT2D eigenvalue weighted by Gasteiger charge is 2.23. The van der Waals surface area contributed by atoms with Gasteiger partial charge in [-0.1, -0.05) is 27.2 Å². The number of urea groups is 1. The SMILES string of the molecule is CC1CCN(C(=O)N(C)C)C1.CCC. The van der Waals surface area contributed by atoms with Gasteiger partial charge in [-0.05, 0) is 12.3 Å². The zero-order valence-electron chi connectivity index (χ0n) is 10.2. The normalized spacial score (nSPS) is 20.1. The second kappa shape index (κ2) is 6.68. The Labute approximate surface area is 88.1 Å². The van der Waals surface area contributed by atoms with Gasteiger partial charge in [0.2, 0.25) is 0 Å². The number of likely N-dealkylation sites (tertiary alicyclic amines) is 1. The molecule has 3 heteroatoms. The Bertz CT molecular complexity index is 169. The van der Waals surface area contributed by atoms with Crippen LogP contribution in [0.2, 0.25) is 0 Å². The van der Waals surface area contributed by atoms with Crippen LogP contribution >= 0.6 is 0 Å².